The molecule has 0 bridgehead atoms. The Kier molecular flexibility index (Phi) is 5.40. The molecule has 0 unspecified atom stereocenters. The molecule has 3 nitrogen and oxygen atoms in total. The number of aliphatic hydroxyl groups excluding tert-OH is 1. The number of hydrogen-bond acceptors (Lipinski definition) is 3. The maximum atomic E-state index is 12.3. The van der Waals surface area contributed by atoms with Crippen LogP contribution in [0.5, 0.6) is 0 Å². The molecule has 1 N–H and O–H groups in total. The molecule has 0 aliphatic heterocycles. The van der Waals surface area contributed by atoms with Gasteiger partial charge >= 0.3 is 0 Å². The predicted molar refractivity (Wildman–Crippen MR) is 85.5 cm³/mol. The van der Waals surface area contributed by atoms with Gasteiger partial charge in [-0.2, -0.15) is 0 Å². The summed E-state index contributed by atoms with van der Waals surface area (Å²) in [5.74, 6) is 5.33. The van der Waals surface area contributed by atoms with Crippen LogP contribution < -0.4 is 0 Å². The molecule has 1 aromatic heterocycles. The summed E-state index contributed by atoms with van der Waals surface area (Å²) >= 11 is 7.57. The van der Waals surface area contributed by atoms with Gasteiger partial charge in [0.15, 0.2) is 0 Å². The number of halogens is 1. The third-order valence-electron chi connectivity index (χ3n) is 2.81. The molecule has 0 fully saturated rings. The first-order chi connectivity index (χ1) is 10.1. The number of amides is 1. The number of nitrogens with zero attached hydrogens (tertiary/aromatic N) is 1. The molecule has 2 aromatic rings. The van der Waals surface area contributed by atoms with Crippen LogP contribution in [0.3, 0.4) is 0 Å². The molecule has 0 saturated heterocycles. The molecule has 0 aliphatic carbocycles. The Morgan fingerprint density at radius 2 is 2.19 bits per heavy atom. The van der Waals surface area contributed by atoms with Crippen molar-refractivity contribution in [3.05, 3.63) is 56.7 Å². The first kappa shape index (κ1) is 15.6. The van der Waals surface area contributed by atoms with Crippen LogP contribution in [-0.2, 0) is 6.54 Å². The number of benzene rings is 1. The molecule has 0 saturated carbocycles. The predicted octanol–water partition coefficient (Wildman–Crippen LogP) is 3.02. The maximum absolute atomic E-state index is 12.3. The lowest BCUT2D eigenvalue weighted by Gasteiger charge is -2.16. The van der Waals surface area contributed by atoms with Crippen LogP contribution in [0.25, 0.3) is 0 Å². The first-order valence-corrected chi connectivity index (χ1v) is 7.54. The van der Waals surface area contributed by atoms with Crippen LogP contribution in [0.15, 0.2) is 35.7 Å². The number of thiophene rings is 1. The van der Waals surface area contributed by atoms with Crippen molar-refractivity contribution in [1.82, 2.24) is 4.90 Å². The third-order valence-corrected chi connectivity index (χ3v) is 4.06. The molecule has 0 atom stereocenters. The molecule has 0 spiro atoms. The minimum atomic E-state index is -0.157. The van der Waals surface area contributed by atoms with Gasteiger partial charge in [0.1, 0.15) is 6.61 Å². The highest BCUT2D eigenvalue weighted by Gasteiger charge is 2.15. The number of carbonyl (C=O) groups is 1. The summed E-state index contributed by atoms with van der Waals surface area (Å²) in [7, 11) is 1.74. The average molecular weight is 320 g/mol. The van der Waals surface area contributed by atoms with Crippen molar-refractivity contribution >= 4 is 28.8 Å². The van der Waals surface area contributed by atoms with E-state index in [1.807, 2.05) is 11.4 Å². The molecule has 1 aromatic carbocycles. The Morgan fingerprint density at radius 3 is 2.90 bits per heavy atom. The van der Waals surface area contributed by atoms with Crippen molar-refractivity contribution in [2.24, 2.45) is 0 Å². The van der Waals surface area contributed by atoms with Crippen molar-refractivity contribution < 1.29 is 9.90 Å². The van der Waals surface area contributed by atoms with Gasteiger partial charge in [-0.3, -0.25) is 4.79 Å². The molecule has 1 amide bonds. The summed E-state index contributed by atoms with van der Waals surface area (Å²) in [5.41, 5.74) is 1.35. The van der Waals surface area contributed by atoms with Gasteiger partial charge in [-0.1, -0.05) is 35.6 Å². The van der Waals surface area contributed by atoms with E-state index in [0.717, 1.165) is 10.4 Å². The highest BCUT2D eigenvalue weighted by atomic mass is 35.5. The fraction of sp³-hybridized carbons (Fsp3) is 0.188. The Bertz CT molecular complexity index is 700. The summed E-state index contributed by atoms with van der Waals surface area (Å²) in [4.78, 5) is 15.0. The van der Waals surface area contributed by atoms with Crippen molar-refractivity contribution in [2.75, 3.05) is 13.7 Å². The van der Waals surface area contributed by atoms with E-state index < -0.39 is 0 Å². The second-order valence-corrected chi connectivity index (χ2v) is 5.81. The van der Waals surface area contributed by atoms with Crippen LogP contribution in [0.4, 0.5) is 0 Å². The monoisotopic (exact) mass is 319 g/mol. The Labute approximate surface area is 132 Å². The Hall–Kier alpha value is -1.80. The lowest BCUT2D eigenvalue weighted by Crippen LogP contribution is -2.26. The van der Waals surface area contributed by atoms with Crippen molar-refractivity contribution in [3.8, 4) is 11.8 Å². The van der Waals surface area contributed by atoms with Crippen molar-refractivity contribution in [1.29, 1.82) is 0 Å². The molecule has 0 radical (unpaired) electrons. The number of hydrogen-bond donors (Lipinski definition) is 1. The van der Waals surface area contributed by atoms with E-state index in [9.17, 15) is 4.79 Å². The Balaban J connectivity index is 2.07. The van der Waals surface area contributed by atoms with Gasteiger partial charge in [0.2, 0.25) is 0 Å². The summed E-state index contributed by atoms with van der Waals surface area (Å²) in [5, 5.41) is 11.0. The van der Waals surface area contributed by atoms with Gasteiger partial charge in [-0.25, -0.2) is 0 Å². The van der Waals surface area contributed by atoms with Gasteiger partial charge in [-0.15, -0.1) is 11.3 Å². The lowest BCUT2D eigenvalue weighted by atomic mass is 10.2. The fourth-order valence-electron chi connectivity index (χ4n) is 1.82. The van der Waals surface area contributed by atoms with Crippen LogP contribution >= 0.6 is 22.9 Å². The van der Waals surface area contributed by atoms with E-state index in [4.69, 9.17) is 16.7 Å². The third kappa shape index (κ3) is 4.08. The molecular weight excluding hydrogens is 306 g/mol. The molecule has 108 valence electrons. The molecule has 21 heavy (non-hydrogen) atoms. The molecule has 5 heteroatoms. The standard InChI is InChI=1S/C16H14ClNO2S/c1-18(16(20)14-6-2-3-7-15(14)17)10-13-9-12(11-21-13)5-4-8-19/h2-3,6-7,9,11,19H,8,10H2,1H3. The Morgan fingerprint density at radius 1 is 1.43 bits per heavy atom. The molecular formula is C16H14ClNO2S. The highest BCUT2D eigenvalue weighted by molar-refractivity contribution is 7.10. The topological polar surface area (TPSA) is 40.5 Å². The van der Waals surface area contributed by atoms with Crippen molar-refractivity contribution in [2.45, 2.75) is 6.54 Å². The normalized spacial score (nSPS) is 9.86. The first-order valence-electron chi connectivity index (χ1n) is 6.29. The lowest BCUT2D eigenvalue weighted by molar-refractivity contribution is 0.0786. The van der Waals surface area contributed by atoms with E-state index in [0.29, 0.717) is 17.1 Å². The molecule has 2 rings (SSSR count). The summed E-state index contributed by atoms with van der Waals surface area (Å²) < 4.78 is 0. The summed E-state index contributed by atoms with van der Waals surface area (Å²) in [6.07, 6.45) is 0. The second kappa shape index (κ2) is 7.28. The van der Waals surface area contributed by atoms with E-state index >= 15 is 0 Å². The zero-order chi connectivity index (χ0) is 15.2. The minimum absolute atomic E-state index is 0.114. The van der Waals surface area contributed by atoms with E-state index in [2.05, 4.69) is 11.8 Å². The number of rotatable bonds is 3. The average Bonchev–Trinajstić information content (AvgIpc) is 2.92. The van der Waals surface area contributed by atoms with Crippen LogP contribution in [0.1, 0.15) is 20.8 Å². The van der Waals surface area contributed by atoms with Gasteiger partial charge in [-0.05, 0) is 18.2 Å². The largest absolute Gasteiger partial charge is 0.384 e. The van der Waals surface area contributed by atoms with E-state index in [1.165, 1.54) is 11.3 Å². The van der Waals surface area contributed by atoms with E-state index in [-0.39, 0.29) is 12.5 Å². The number of carbonyl (C=O) groups excluding carboxylic acids is 1. The molecule has 1 heterocycles. The van der Waals surface area contributed by atoms with Gasteiger partial charge in [0.25, 0.3) is 5.91 Å². The minimum Gasteiger partial charge on any atom is -0.384 e. The van der Waals surface area contributed by atoms with Crippen LogP contribution in [0, 0.1) is 11.8 Å². The SMILES string of the molecule is CN(Cc1cc(C#CCO)cs1)C(=O)c1ccccc1Cl. The quantitative estimate of drug-likeness (QED) is 0.883. The fourth-order valence-corrected chi connectivity index (χ4v) is 2.90. The van der Waals surface area contributed by atoms with Gasteiger partial charge in [0.05, 0.1) is 17.1 Å². The van der Waals surface area contributed by atoms with Crippen LogP contribution in [0.2, 0.25) is 5.02 Å². The second-order valence-electron chi connectivity index (χ2n) is 4.40. The molecule has 0 aliphatic rings. The van der Waals surface area contributed by atoms with Gasteiger partial charge in [0, 0.05) is 22.9 Å². The van der Waals surface area contributed by atoms with Gasteiger partial charge < -0.3 is 10.0 Å². The number of aliphatic hydroxyl groups is 1. The van der Waals surface area contributed by atoms with E-state index in [1.54, 1.807) is 36.2 Å². The maximum Gasteiger partial charge on any atom is 0.255 e. The smallest absolute Gasteiger partial charge is 0.255 e. The highest BCUT2D eigenvalue weighted by Crippen LogP contribution is 2.20. The van der Waals surface area contributed by atoms with Crippen LogP contribution in [-0.4, -0.2) is 29.6 Å². The summed E-state index contributed by atoms with van der Waals surface area (Å²) in [6, 6.07) is 8.93. The van der Waals surface area contributed by atoms with Crippen molar-refractivity contribution in [3.63, 3.8) is 0 Å². The summed E-state index contributed by atoms with van der Waals surface area (Å²) in [6.45, 7) is 0.339. The zero-order valence-corrected chi connectivity index (χ0v) is 13.0. The zero-order valence-electron chi connectivity index (χ0n) is 11.5.